The zero-order valence-electron chi connectivity index (χ0n) is 11.9. The fourth-order valence-electron chi connectivity index (χ4n) is 2.22. The van der Waals surface area contributed by atoms with Gasteiger partial charge in [-0.15, -0.1) is 0 Å². The predicted molar refractivity (Wildman–Crippen MR) is 76.2 cm³/mol. The molecule has 0 atom stereocenters. The molecular weight excluding hydrogens is 256 g/mol. The molecule has 0 saturated heterocycles. The monoisotopic (exact) mass is 274 g/mol. The molecule has 0 aliphatic rings. The molecule has 0 aliphatic carbocycles. The standard InChI is InChI=1S/C14H18N4O2/c1-4-11-9(13(19)20-5-2)8-12(18(11)3)10-6-7-16-14(15)17-10/h6-8H,4-5H2,1-3H3,(H2,15,16,17). The summed E-state index contributed by atoms with van der Waals surface area (Å²) in [6.07, 6.45) is 2.32. The number of nitrogen functional groups attached to an aromatic ring is 1. The topological polar surface area (TPSA) is 83.0 Å². The van der Waals surface area contributed by atoms with Crippen LogP contribution >= 0.6 is 0 Å². The van der Waals surface area contributed by atoms with Gasteiger partial charge in [0.05, 0.1) is 23.6 Å². The minimum atomic E-state index is -0.312. The van der Waals surface area contributed by atoms with E-state index in [2.05, 4.69) is 9.97 Å². The molecule has 0 aliphatic heterocycles. The first-order valence-electron chi connectivity index (χ1n) is 6.53. The lowest BCUT2D eigenvalue weighted by atomic mass is 10.2. The Bertz CT molecular complexity index is 634. The van der Waals surface area contributed by atoms with E-state index in [9.17, 15) is 4.79 Å². The molecule has 0 bridgehead atoms. The summed E-state index contributed by atoms with van der Waals surface area (Å²) in [7, 11) is 1.90. The van der Waals surface area contributed by atoms with Crippen molar-refractivity contribution in [2.24, 2.45) is 7.05 Å². The molecule has 6 heteroatoms. The third-order valence-corrected chi connectivity index (χ3v) is 3.13. The Balaban J connectivity index is 2.53. The highest BCUT2D eigenvalue weighted by molar-refractivity contribution is 5.92. The quantitative estimate of drug-likeness (QED) is 0.860. The number of hydrogen-bond donors (Lipinski definition) is 1. The maximum atomic E-state index is 12.0. The van der Waals surface area contributed by atoms with Gasteiger partial charge in [-0.05, 0) is 25.5 Å². The third kappa shape index (κ3) is 2.49. The van der Waals surface area contributed by atoms with Crippen molar-refractivity contribution < 1.29 is 9.53 Å². The summed E-state index contributed by atoms with van der Waals surface area (Å²) in [5.41, 5.74) is 8.60. The van der Waals surface area contributed by atoms with E-state index >= 15 is 0 Å². The predicted octanol–water partition coefficient (Wildman–Crippen LogP) is 1.80. The number of ether oxygens (including phenoxy) is 1. The van der Waals surface area contributed by atoms with Gasteiger partial charge in [0.15, 0.2) is 0 Å². The molecular formula is C14H18N4O2. The van der Waals surface area contributed by atoms with Gasteiger partial charge in [0, 0.05) is 18.9 Å². The number of hydrogen-bond acceptors (Lipinski definition) is 5. The molecule has 0 amide bonds. The molecule has 0 unspecified atom stereocenters. The van der Waals surface area contributed by atoms with Crippen LogP contribution in [0.3, 0.4) is 0 Å². The maximum absolute atomic E-state index is 12.0. The molecule has 2 aromatic heterocycles. The van der Waals surface area contributed by atoms with Gasteiger partial charge in [0.25, 0.3) is 0 Å². The highest BCUT2D eigenvalue weighted by atomic mass is 16.5. The van der Waals surface area contributed by atoms with Crippen LogP contribution in [0.2, 0.25) is 0 Å². The lowest BCUT2D eigenvalue weighted by Crippen LogP contribution is -2.08. The van der Waals surface area contributed by atoms with Crippen molar-refractivity contribution in [3.63, 3.8) is 0 Å². The fourth-order valence-corrected chi connectivity index (χ4v) is 2.22. The molecule has 0 fully saturated rings. The van der Waals surface area contributed by atoms with Crippen molar-refractivity contribution in [1.29, 1.82) is 0 Å². The molecule has 20 heavy (non-hydrogen) atoms. The van der Waals surface area contributed by atoms with Crippen molar-refractivity contribution >= 4 is 11.9 Å². The first kappa shape index (κ1) is 14.0. The first-order chi connectivity index (χ1) is 9.58. The van der Waals surface area contributed by atoms with Gasteiger partial charge in [-0.25, -0.2) is 14.8 Å². The van der Waals surface area contributed by atoms with Gasteiger partial charge < -0.3 is 15.0 Å². The fraction of sp³-hybridized carbons (Fsp3) is 0.357. The molecule has 2 aromatic rings. The summed E-state index contributed by atoms with van der Waals surface area (Å²) in [6.45, 7) is 4.14. The Morgan fingerprint density at radius 2 is 2.20 bits per heavy atom. The van der Waals surface area contributed by atoms with Gasteiger partial charge >= 0.3 is 5.97 Å². The number of nitrogens with two attached hydrogens (primary N) is 1. The summed E-state index contributed by atoms with van der Waals surface area (Å²) >= 11 is 0. The van der Waals surface area contributed by atoms with Crippen LogP contribution in [0, 0.1) is 0 Å². The third-order valence-electron chi connectivity index (χ3n) is 3.13. The SMILES string of the molecule is CCOC(=O)c1cc(-c2ccnc(N)n2)n(C)c1CC. The molecule has 0 spiro atoms. The number of aromatic nitrogens is 3. The van der Waals surface area contributed by atoms with Crippen LogP contribution in [0.15, 0.2) is 18.3 Å². The second-order valence-electron chi connectivity index (χ2n) is 4.32. The van der Waals surface area contributed by atoms with Crippen molar-refractivity contribution in [2.75, 3.05) is 12.3 Å². The number of esters is 1. The number of rotatable bonds is 4. The lowest BCUT2D eigenvalue weighted by Gasteiger charge is -2.07. The van der Waals surface area contributed by atoms with E-state index in [1.807, 2.05) is 18.5 Å². The summed E-state index contributed by atoms with van der Waals surface area (Å²) < 4.78 is 7.03. The molecule has 0 radical (unpaired) electrons. The summed E-state index contributed by atoms with van der Waals surface area (Å²) in [5, 5.41) is 0. The molecule has 2 rings (SSSR count). The minimum absolute atomic E-state index is 0.208. The van der Waals surface area contributed by atoms with Crippen LogP contribution < -0.4 is 5.73 Å². The molecule has 6 nitrogen and oxygen atoms in total. The molecule has 0 saturated carbocycles. The molecule has 2 heterocycles. The van der Waals surface area contributed by atoms with Crippen molar-refractivity contribution in [2.45, 2.75) is 20.3 Å². The summed E-state index contributed by atoms with van der Waals surface area (Å²) in [5.74, 6) is -0.104. The number of nitrogens with zero attached hydrogens (tertiary/aromatic N) is 3. The second-order valence-corrected chi connectivity index (χ2v) is 4.32. The maximum Gasteiger partial charge on any atom is 0.339 e. The molecule has 0 aromatic carbocycles. The number of anilines is 1. The van der Waals surface area contributed by atoms with E-state index in [0.717, 1.165) is 17.8 Å². The first-order valence-corrected chi connectivity index (χ1v) is 6.53. The highest BCUT2D eigenvalue weighted by Gasteiger charge is 2.19. The van der Waals surface area contributed by atoms with Gasteiger partial charge in [-0.2, -0.15) is 0 Å². The lowest BCUT2D eigenvalue weighted by molar-refractivity contribution is 0.0525. The Hall–Kier alpha value is -2.37. The molecule has 106 valence electrons. The zero-order chi connectivity index (χ0) is 14.7. The number of carbonyl (C=O) groups is 1. The number of carbonyl (C=O) groups excluding carboxylic acids is 1. The van der Waals surface area contributed by atoms with E-state index in [4.69, 9.17) is 10.5 Å². The molecule has 2 N–H and O–H groups in total. The van der Waals surface area contributed by atoms with Crippen molar-refractivity contribution in [1.82, 2.24) is 14.5 Å². The smallest absolute Gasteiger partial charge is 0.339 e. The van der Waals surface area contributed by atoms with E-state index in [1.165, 1.54) is 0 Å². The Morgan fingerprint density at radius 1 is 1.45 bits per heavy atom. The van der Waals surface area contributed by atoms with Gasteiger partial charge in [-0.1, -0.05) is 6.92 Å². The largest absolute Gasteiger partial charge is 0.462 e. The summed E-state index contributed by atoms with van der Waals surface area (Å²) in [6, 6.07) is 3.55. The van der Waals surface area contributed by atoms with Crippen LogP contribution in [0.4, 0.5) is 5.95 Å². The van der Waals surface area contributed by atoms with E-state index in [1.54, 1.807) is 25.3 Å². The van der Waals surface area contributed by atoms with E-state index in [0.29, 0.717) is 17.9 Å². The summed E-state index contributed by atoms with van der Waals surface area (Å²) in [4.78, 5) is 20.1. The van der Waals surface area contributed by atoms with Crippen LogP contribution in [-0.4, -0.2) is 27.1 Å². The van der Waals surface area contributed by atoms with Crippen molar-refractivity contribution in [3.05, 3.63) is 29.6 Å². The Morgan fingerprint density at radius 3 is 2.80 bits per heavy atom. The van der Waals surface area contributed by atoms with Crippen LogP contribution in [0.5, 0.6) is 0 Å². The van der Waals surface area contributed by atoms with Gasteiger partial charge in [0.1, 0.15) is 0 Å². The highest BCUT2D eigenvalue weighted by Crippen LogP contribution is 2.25. The van der Waals surface area contributed by atoms with Crippen LogP contribution in [0.25, 0.3) is 11.4 Å². The Labute approximate surface area is 117 Å². The Kier molecular flexibility index (Phi) is 4.02. The van der Waals surface area contributed by atoms with E-state index in [-0.39, 0.29) is 11.9 Å². The van der Waals surface area contributed by atoms with Crippen LogP contribution in [-0.2, 0) is 18.2 Å². The average Bonchev–Trinajstić information content (AvgIpc) is 2.76. The van der Waals surface area contributed by atoms with Gasteiger partial charge in [-0.3, -0.25) is 0 Å². The minimum Gasteiger partial charge on any atom is -0.462 e. The average molecular weight is 274 g/mol. The van der Waals surface area contributed by atoms with Crippen molar-refractivity contribution in [3.8, 4) is 11.4 Å². The normalized spacial score (nSPS) is 10.6. The second kappa shape index (κ2) is 5.73. The van der Waals surface area contributed by atoms with Gasteiger partial charge in [0.2, 0.25) is 5.95 Å². The van der Waals surface area contributed by atoms with Crippen LogP contribution in [0.1, 0.15) is 29.9 Å². The van der Waals surface area contributed by atoms with E-state index < -0.39 is 0 Å². The zero-order valence-corrected chi connectivity index (χ0v) is 11.9.